The molecule has 1 heterocycles. The molecule has 90 valence electrons. The highest BCUT2D eigenvalue weighted by atomic mass is 14.9. The normalized spacial score (nSPS) is 12.6. The first-order valence-electron chi connectivity index (χ1n) is 6.02. The quantitative estimate of drug-likeness (QED) is 0.847. The van der Waals surface area contributed by atoms with E-state index in [4.69, 9.17) is 5.73 Å². The van der Waals surface area contributed by atoms with Crippen LogP contribution in [0.5, 0.6) is 0 Å². The van der Waals surface area contributed by atoms with E-state index >= 15 is 0 Å². The van der Waals surface area contributed by atoms with Crippen LogP contribution in [0.4, 0.5) is 0 Å². The van der Waals surface area contributed by atoms with Gasteiger partial charge in [-0.3, -0.25) is 0 Å². The predicted octanol–water partition coefficient (Wildman–Crippen LogP) is 2.84. The van der Waals surface area contributed by atoms with Gasteiger partial charge in [-0.15, -0.1) is 0 Å². The maximum absolute atomic E-state index is 5.56. The SMILES string of the molecule is Cc1cccc(-c2cnc(C(C)CCN)[nH]2)c1. The number of H-pyrrole nitrogens is 1. The Kier molecular flexibility index (Phi) is 3.59. The average Bonchev–Trinajstić information content (AvgIpc) is 2.78. The van der Waals surface area contributed by atoms with Crippen molar-refractivity contribution in [1.82, 2.24) is 9.97 Å². The Bertz CT molecular complexity index is 488. The number of benzene rings is 1. The van der Waals surface area contributed by atoms with Gasteiger partial charge in [-0.1, -0.05) is 30.7 Å². The molecule has 0 fully saturated rings. The molecule has 0 spiro atoms. The Labute approximate surface area is 102 Å². The molecule has 3 N–H and O–H groups in total. The molecule has 1 atom stereocenters. The maximum Gasteiger partial charge on any atom is 0.109 e. The van der Waals surface area contributed by atoms with Gasteiger partial charge in [-0.25, -0.2) is 4.98 Å². The van der Waals surface area contributed by atoms with Gasteiger partial charge in [-0.05, 0) is 31.5 Å². The van der Waals surface area contributed by atoms with Crippen molar-refractivity contribution < 1.29 is 0 Å². The first-order chi connectivity index (χ1) is 8.20. The minimum Gasteiger partial charge on any atom is -0.342 e. The lowest BCUT2D eigenvalue weighted by Gasteiger charge is -2.05. The van der Waals surface area contributed by atoms with Crippen LogP contribution in [0.2, 0.25) is 0 Å². The van der Waals surface area contributed by atoms with Crippen molar-refractivity contribution >= 4 is 0 Å². The van der Waals surface area contributed by atoms with E-state index in [0.717, 1.165) is 17.9 Å². The molecule has 0 radical (unpaired) electrons. The number of aryl methyl sites for hydroxylation is 1. The van der Waals surface area contributed by atoms with Crippen molar-refractivity contribution in [1.29, 1.82) is 0 Å². The van der Waals surface area contributed by atoms with Crippen LogP contribution >= 0.6 is 0 Å². The lowest BCUT2D eigenvalue weighted by molar-refractivity contribution is 0.655. The van der Waals surface area contributed by atoms with Crippen LogP contribution < -0.4 is 5.73 Å². The Morgan fingerprint density at radius 2 is 2.24 bits per heavy atom. The molecule has 1 unspecified atom stereocenters. The van der Waals surface area contributed by atoms with E-state index in [2.05, 4.69) is 48.1 Å². The summed E-state index contributed by atoms with van der Waals surface area (Å²) >= 11 is 0. The van der Waals surface area contributed by atoms with Crippen LogP contribution in [0.15, 0.2) is 30.5 Å². The van der Waals surface area contributed by atoms with Crippen LogP contribution in [0.1, 0.15) is 30.7 Å². The summed E-state index contributed by atoms with van der Waals surface area (Å²) in [5, 5.41) is 0. The monoisotopic (exact) mass is 229 g/mol. The van der Waals surface area contributed by atoms with Gasteiger partial charge >= 0.3 is 0 Å². The molecule has 2 aromatic rings. The number of aromatic amines is 1. The van der Waals surface area contributed by atoms with Crippen LogP contribution in [0.25, 0.3) is 11.3 Å². The molecule has 1 aromatic heterocycles. The summed E-state index contributed by atoms with van der Waals surface area (Å²) in [6.45, 7) is 4.94. The van der Waals surface area contributed by atoms with Gasteiger partial charge < -0.3 is 10.7 Å². The number of nitrogens with one attached hydrogen (secondary N) is 1. The fraction of sp³-hybridized carbons (Fsp3) is 0.357. The highest BCUT2D eigenvalue weighted by Gasteiger charge is 2.09. The van der Waals surface area contributed by atoms with Crippen LogP contribution in [-0.4, -0.2) is 16.5 Å². The second-order valence-electron chi connectivity index (χ2n) is 4.53. The first-order valence-corrected chi connectivity index (χ1v) is 6.02. The van der Waals surface area contributed by atoms with Crippen molar-refractivity contribution in [2.24, 2.45) is 5.73 Å². The first kappa shape index (κ1) is 11.9. The summed E-state index contributed by atoms with van der Waals surface area (Å²) in [4.78, 5) is 7.80. The number of rotatable bonds is 4. The van der Waals surface area contributed by atoms with E-state index in [9.17, 15) is 0 Å². The fourth-order valence-corrected chi connectivity index (χ4v) is 1.93. The van der Waals surface area contributed by atoms with Gasteiger partial charge in [0.2, 0.25) is 0 Å². The molecular formula is C14H19N3. The zero-order chi connectivity index (χ0) is 12.3. The molecule has 3 nitrogen and oxygen atoms in total. The van der Waals surface area contributed by atoms with E-state index in [0.29, 0.717) is 12.5 Å². The van der Waals surface area contributed by atoms with Crippen LogP contribution in [-0.2, 0) is 0 Å². The number of imidazole rings is 1. The van der Waals surface area contributed by atoms with Crippen molar-refractivity contribution in [3.8, 4) is 11.3 Å². The Morgan fingerprint density at radius 1 is 1.41 bits per heavy atom. The molecule has 0 saturated heterocycles. The third-order valence-corrected chi connectivity index (χ3v) is 2.99. The summed E-state index contributed by atoms with van der Waals surface area (Å²) in [7, 11) is 0. The third kappa shape index (κ3) is 2.74. The third-order valence-electron chi connectivity index (χ3n) is 2.99. The van der Waals surface area contributed by atoms with E-state index in [1.165, 1.54) is 11.1 Å². The summed E-state index contributed by atoms with van der Waals surface area (Å²) in [5.74, 6) is 1.41. The van der Waals surface area contributed by atoms with Gasteiger partial charge in [-0.2, -0.15) is 0 Å². The fourth-order valence-electron chi connectivity index (χ4n) is 1.93. The molecular weight excluding hydrogens is 210 g/mol. The second kappa shape index (κ2) is 5.15. The minimum absolute atomic E-state index is 0.388. The minimum atomic E-state index is 0.388. The maximum atomic E-state index is 5.56. The van der Waals surface area contributed by atoms with Gasteiger partial charge in [0.05, 0.1) is 11.9 Å². The molecule has 0 amide bonds. The predicted molar refractivity (Wildman–Crippen MR) is 70.8 cm³/mol. The van der Waals surface area contributed by atoms with Gasteiger partial charge in [0.25, 0.3) is 0 Å². The van der Waals surface area contributed by atoms with Crippen LogP contribution in [0, 0.1) is 6.92 Å². The smallest absolute Gasteiger partial charge is 0.109 e. The lowest BCUT2D eigenvalue weighted by Crippen LogP contribution is -2.05. The molecule has 2 rings (SSSR count). The van der Waals surface area contributed by atoms with E-state index in [1.807, 2.05) is 6.20 Å². The second-order valence-corrected chi connectivity index (χ2v) is 4.53. The van der Waals surface area contributed by atoms with Crippen molar-refractivity contribution in [2.45, 2.75) is 26.2 Å². The summed E-state index contributed by atoms with van der Waals surface area (Å²) in [6, 6.07) is 8.41. The lowest BCUT2D eigenvalue weighted by atomic mass is 10.1. The summed E-state index contributed by atoms with van der Waals surface area (Å²) < 4.78 is 0. The summed E-state index contributed by atoms with van der Waals surface area (Å²) in [6.07, 6.45) is 2.86. The summed E-state index contributed by atoms with van der Waals surface area (Å²) in [5.41, 5.74) is 9.08. The van der Waals surface area contributed by atoms with E-state index < -0.39 is 0 Å². The standard InChI is InChI=1S/C14H19N3/c1-10-4-3-5-12(8-10)13-9-16-14(17-13)11(2)6-7-15/h3-5,8-9,11H,6-7,15H2,1-2H3,(H,16,17). The van der Waals surface area contributed by atoms with Gasteiger partial charge in [0, 0.05) is 5.92 Å². The number of aromatic nitrogens is 2. The molecule has 17 heavy (non-hydrogen) atoms. The molecule has 0 aliphatic carbocycles. The molecule has 0 bridgehead atoms. The number of nitrogens with two attached hydrogens (primary N) is 1. The Hall–Kier alpha value is -1.61. The van der Waals surface area contributed by atoms with Crippen molar-refractivity contribution in [3.05, 3.63) is 41.9 Å². The zero-order valence-corrected chi connectivity index (χ0v) is 10.4. The largest absolute Gasteiger partial charge is 0.342 e. The molecule has 3 heteroatoms. The number of hydrogen-bond donors (Lipinski definition) is 2. The van der Waals surface area contributed by atoms with Gasteiger partial charge in [0.1, 0.15) is 5.82 Å². The Balaban J connectivity index is 2.23. The average molecular weight is 229 g/mol. The van der Waals surface area contributed by atoms with Gasteiger partial charge in [0.15, 0.2) is 0 Å². The highest BCUT2D eigenvalue weighted by Crippen LogP contribution is 2.21. The van der Waals surface area contributed by atoms with Crippen molar-refractivity contribution in [3.63, 3.8) is 0 Å². The zero-order valence-electron chi connectivity index (χ0n) is 10.4. The molecule has 1 aromatic carbocycles. The Morgan fingerprint density at radius 3 is 2.94 bits per heavy atom. The molecule has 0 aliphatic heterocycles. The van der Waals surface area contributed by atoms with E-state index in [1.54, 1.807) is 0 Å². The number of hydrogen-bond acceptors (Lipinski definition) is 2. The number of nitrogens with zero attached hydrogens (tertiary/aromatic N) is 1. The molecule has 0 saturated carbocycles. The molecule has 0 aliphatic rings. The van der Waals surface area contributed by atoms with Crippen molar-refractivity contribution in [2.75, 3.05) is 6.54 Å². The highest BCUT2D eigenvalue weighted by molar-refractivity contribution is 5.59. The van der Waals surface area contributed by atoms with Crippen LogP contribution in [0.3, 0.4) is 0 Å². The topological polar surface area (TPSA) is 54.7 Å². The van der Waals surface area contributed by atoms with E-state index in [-0.39, 0.29) is 0 Å².